The van der Waals surface area contributed by atoms with Crippen molar-refractivity contribution < 1.29 is 4.79 Å². The highest BCUT2D eigenvalue weighted by atomic mass is 35.5. The van der Waals surface area contributed by atoms with Crippen molar-refractivity contribution in [2.45, 2.75) is 30.4 Å². The number of hydrogen-bond acceptors (Lipinski definition) is 3. The number of rotatable bonds is 4. The molecule has 1 aromatic heterocycles. The number of likely N-dealkylation sites (tertiary alicyclic amines) is 1. The maximum Gasteiger partial charge on any atom is 0.255 e. The van der Waals surface area contributed by atoms with Gasteiger partial charge in [0.1, 0.15) is 0 Å². The Labute approximate surface area is 162 Å². The van der Waals surface area contributed by atoms with Crippen molar-refractivity contribution in [2.24, 2.45) is 5.92 Å². The van der Waals surface area contributed by atoms with Crippen LogP contribution in [0.5, 0.6) is 0 Å². The highest BCUT2D eigenvalue weighted by molar-refractivity contribution is 7.98. The molecule has 25 heavy (non-hydrogen) atoms. The molecular weight excluding hydrogens is 375 g/mol. The number of hydrogen-bond donors (Lipinski definition) is 0. The molecule has 0 N–H and O–H groups in total. The molecule has 0 spiro atoms. The summed E-state index contributed by atoms with van der Waals surface area (Å²) in [6, 6.07) is 7.35. The summed E-state index contributed by atoms with van der Waals surface area (Å²) in [4.78, 5) is 19.8. The molecule has 1 aromatic carbocycles. The molecule has 1 aliphatic heterocycles. The lowest BCUT2D eigenvalue weighted by atomic mass is 9.99. The summed E-state index contributed by atoms with van der Waals surface area (Å²) in [5, 5.41) is 1.34. The number of carbonyl (C=O) groups is 1. The van der Waals surface area contributed by atoms with Crippen molar-refractivity contribution >= 4 is 40.9 Å². The van der Waals surface area contributed by atoms with Gasteiger partial charge in [0.25, 0.3) is 5.91 Å². The zero-order valence-corrected chi connectivity index (χ0v) is 16.4. The zero-order valence-electron chi connectivity index (χ0n) is 14.0. The molecule has 2 heterocycles. The number of halogens is 2. The van der Waals surface area contributed by atoms with Crippen molar-refractivity contribution in [3.8, 4) is 0 Å². The fourth-order valence-electron chi connectivity index (χ4n) is 2.83. The lowest BCUT2D eigenvalue weighted by Gasteiger charge is -2.30. The van der Waals surface area contributed by atoms with Crippen LogP contribution in [0.4, 0.5) is 0 Å². The van der Waals surface area contributed by atoms with E-state index in [9.17, 15) is 4.79 Å². The van der Waals surface area contributed by atoms with Crippen LogP contribution in [0.25, 0.3) is 0 Å². The highest BCUT2D eigenvalue weighted by Crippen LogP contribution is 2.32. The lowest BCUT2D eigenvalue weighted by Crippen LogP contribution is -2.37. The van der Waals surface area contributed by atoms with Gasteiger partial charge in [0.05, 0.1) is 10.6 Å². The van der Waals surface area contributed by atoms with E-state index in [1.54, 1.807) is 36.3 Å². The van der Waals surface area contributed by atoms with Crippen LogP contribution in [0, 0.1) is 5.92 Å². The molecule has 1 saturated heterocycles. The Balaban J connectivity index is 1.67. The van der Waals surface area contributed by atoms with Crippen LogP contribution in [-0.4, -0.2) is 28.9 Å². The van der Waals surface area contributed by atoms with Gasteiger partial charge in [-0.2, -0.15) is 0 Å². The van der Waals surface area contributed by atoms with Gasteiger partial charge in [-0.1, -0.05) is 30.1 Å². The van der Waals surface area contributed by atoms with Gasteiger partial charge in [0.2, 0.25) is 0 Å². The first-order valence-corrected chi connectivity index (χ1v) is 10.1. The second-order valence-corrected chi connectivity index (χ2v) is 8.28. The van der Waals surface area contributed by atoms with E-state index in [2.05, 4.69) is 11.9 Å². The van der Waals surface area contributed by atoms with Crippen LogP contribution in [0.3, 0.4) is 0 Å². The molecule has 0 radical (unpaired) electrons. The van der Waals surface area contributed by atoms with Crippen LogP contribution >= 0.6 is 35.0 Å². The van der Waals surface area contributed by atoms with Crippen LogP contribution in [0.2, 0.25) is 10.0 Å². The minimum absolute atomic E-state index is 0.0760. The molecule has 132 valence electrons. The number of piperidine rings is 1. The predicted octanol–water partition coefficient (Wildman–Crippen LogP) is 5.55. The Morgan fingerprint density at radius 3 is 2.76 bits per heavy atom. The largest absolute Gasteiger partial charge is 0.339 e. The number of nitrogens with zero attached hydrogens (tertiary/aromatic N) is 2. The van der Waals surface area contributed by atoms with Crippen LogP contribution in [0.15, 0.2) is 41.6 Å². The summed E-state index contributed by atoms with van der Waals surface area (Å²) >= 11 is 13.8. The van der Waals surface area contributed by atoms with Crippen molar-refractivity contribution in [3.63, 3.8) is 0 Å². The molecule has 1 amide bonds. The normalized spacial score (nSPS) is 15.4. The van der Waals surface area contributed by atoms with E-state index in [-0.39, 0.29) is 5.91 Å². The highest BCUT2D eigenvalue weighted by Gasteiger charge is 2.21. The third kappa shape index (κ3) is 4.90. The monoisotopic (exact) mass is 394 g/mol. The van der Waals surface area contributed by atoms with E-state index in [1.165, 1.54) is 0 Å². The van der Waals surface area contributed by atoms with Gasteiger partial charge >= 0.3 is 0 Å². The first-order chi connectivity index (χ1) is 12.0. The zero-order chi connectivity index (χ0) is 17.8. The van der Waals surface area contributed by atoms with Crippen LogP contribution in [0.1, 0.15) is 35.7 Å². The smallest absolute Gasteiger partial charge is 0.255 e. The number of pyridine rings is 1. The SMILES string of the molecule is CC1CCN(C(=O)c2cncc(CSc3cc(Cl)ccc3Cl)c2)CC1. The van der Waals surface area contributed by atoms with Crippen molar-refractivity contribution in [1.29, 1.82) is 0 Å². The van der Waals surface area contributed by atoms with E-state index in [0.29, 0.717) is 27.3 Å². The maximum atomic E-state index is 12.7. The first-order valence-electron chi connectivity index (χ1n) is 8.34. The average Bonchev–Trinajstić information content (AvgIpc) is 2.63. The number of carbonyl (C=O) groups excluding carboxylic acids is 1. The van der Waals surface area contributed by atoms with E-state index >= 15 is 0 Å². The molecule has 2 aromatic rings. The van der Waals surface area contributed by atoms with E-state index in [4.69, 9.17) is 23.2 Å². The van der Waals surface area contributed by atoms with Gasteiger partial charge in [-0.3, -0.25) is 9.78 Å². The predicted molar refractivity (Wildman–Crippen MR) is 105 cm³/mol. The lowest BCUT2D eigenvalue weighted by molar-refractivity contribution is 0.0696. The van der Waals surface area contributed by atoms with Gasteiger partial charge in [0, 0.05) is 41.2 Å². The van der Waals surface area contributed by atoms with Gasteiger partial charge in [0.15, 0.2) is 0 Å². The number of aromatic nitrogens is 1. The first kappa shape index (κ1) is 18.6. The van der Waals surface area contributed by atoms with Gasteiger partial charge in [-0.05, 0) is 48.6 Å². The third-order valence-corrected chi connectivity index (χ3v) is 6.20. The number of amides is 1. The molecule has 0 bridgehead atoms. The summed E-state index contributed by atoms with van der Waals surface area (Å²) in [6.45, 7) is 3.90. The molecule has 0 aliphatic carbocycles. The average molecular weight is 395 g/mol. The minimum Gasteiger partial charge on any atom is -0.339 e. The fourth-order valence-corrected chi connectivity index (χ4v) is 4.24. The van der Waals surface area contributed by atoms with Crippen LogP contribution < -0.4 is 0 Å². The molecule has 0 saturated carbocycles. The topological polar surface area (TPSA) is 33.2 Å². The van der Waals surface area contributed by atoms with E-state index in [0.717, 1.165) is 36.4 Å². The Morgan fingerprint density at radius 2 is 2.00 bits per heavy atom. The van der Waals surface area contributed by atoms with Crippen molar-refractivity contribution in [3.05, 3.63) is 57.8 Å². The summed E-state index contributed by atoms with van der Waals surface area (Å²) in [5.41, 5.74) is 1.65. The summed E-state index contributed by atoms with van der Waals surface area (Å²) in [6.07, 6.45) is 5.59. The molecule has 3 rings (SSSR count). The standard InChI is InChI=1S/C19H20Cl2N2OS/c1-13-4-6-23(7-5-13)19(24)15-8-14(10-22-11-15)12-25-18-9-16(20)2-3-17(18)21/h2-3,8-11,13H,4-7,12H2,1H3. The van der Waals surface area contributed by atoms with Gasteiger partial charge < -0.3 is 4.90 Å². The third-order valence-electron chi connectivity index (χ3n) is 4.40. The number of thioether (sulfide) groups is 1. The molecule has 0 atom stereocenters. The molecule has 1 aliphatic rings. The Hall–Kier alpha value is -1.23. The fraction of sp³-hybridized carbons (Fsp3) is 0.368. The molecular formula is C19H20Cl2N2OS. The van der Waals surface area contributed by atoms with E-state index in [1.807, 2.05) is 17.0 Å². The molecule has 6 heteroatoms. The Morgan fingerprint density at radius 1 is 1.24 bits per heavy atom. The summed E-state index contributed by atoms with van der Waals surface area (Å²) in [5.74, 6) is 1.46. The molecule has 1 fully saturated rings. The second-order valence-electron chi connectivity index (χ2n) is 6.42. The Bertz CT molecular complexity index is 761. The summed E-state index contributed by atoms with van der Waals surface area (Å²) < 4.78 is 0. The Kier molecular flexibility index (Phi) is 6.26. The molecule has 0 unspecified atom stereocenters. The molecule has 3 nitrogen and oxygen atoms in total. The number of benzene rings is 1. The minimum atomic E-state index is 0.0760. The van der Waals surface area contributed by atoms with Crippen molar-refractivity contribution in [2.75, 3.05) is 13.1 Å². The maximum absolute atomic E-state index is 12.7. The van der Waals surface area contributed by atoms with Crippen molar-refractivity contribution in [1.82, 2.24) is 9.88 Å². The van der Waals surface area contributed by atoms with Gasteiger partial charge in [-0.15, -0.1) is 11.8 Å². The second kappa shape index (κ2) is 8.43. The van der Waals surface area contributed by atoms with Crippen LogP contribution in [-0.2, 0) is 5.75 Å². The summed E-state index contributed by atoms with van der Waals surface area (Å²) in [7, 11) is 0. The quantitative estimate of drug-likeness (QED) is 0.636. The van der Waals surface area contributed by atoms with E-state index < -0.39 is 0 Å². The van der Waals surface area contributed by atoms with Gasteiger partial charge in [-0.25, -0.2) is 0 Å².